The van der Waals surface area contributed by atoms with E-state index in [1.807, 2.05) is 35.8 Å². The summed E-state index contributed by atoms with van der Waals surface area (Å²) in [5, 5.41) is 9.73. The Bertz CT molecular complexity index is 1000. The number of hydrogen-bond acceptors (Lipinski definition) is 5. The van der Waals surface area contributed by atoms with Gasteiger partial charge >= 0.3 is 0 Å². The molecule has 24 heavy (non-hydrogen) atoms. The fourth-order valence-corrected chi connectivity index (χ4v) is 4.04. The minimum atomic E-state index is -0.473. The number of thiophene rings is 1. The number of rotatable bonds is 2. The first-order valence-corrected chi connectivity index (χ1v) is 8.40. The van der Waals surface area contributed by atoms with Gasteiger partial charge in [0, 0.05) is 16.1 Å². The van der Waals surface area contributed by atoms with Crippen molar-refractivity contribution < 1.29 is 4.79 Å². The Morgan fingerprint density at radius 2 is 2.08 bits per heavy atom. The zero-order valence-electron chi connectivity index (χ0n) is 12.7. The molecule has 2 N–H and O–H groups in total. The number of fused-ring (bicyclic) bond motifs is 3. The second-order valence-corrected chi connectivity index (χ2v) is 6.78. The van der Waals surface area contributed by atoms with E-state index in [0.717, 1.165) is 27.7 Å². The largest absolute Gasteiger partial charge is 0.365 e. The molecule has 8 heteroatoms. The number of aryl methyl sites for hydroxylation is 1. The highest BCUT2D eigenvalue weighted by Crippen LogP contribution is 2.34. The van der Waals surface area contributed by atoms with Gasteiger partial charge in [-0.05, 0) is 19.1 Å². The van der Waals surface area contributed by atoms with Crippen molar-refractivity contribution in [1.29, 1.82) is 0 Å². The van der Waals surface area contributed by atoms with E-state index in [4.69, 9.17) is 17.3 Å². The third-order valence-corrected chi connectivity index (χ3v) is 5.28. The Morgan fingerprint density at radius 3 is 2.83 bits per heavy atom. The molecule has 0 saturated heterocycles. The summed E-state index contributed by atoms with van der Waals surface area (Å²) >= 11 is 7.67. The van der Waals surface area contributed by atoms with Crippen molar-refractivity contribution in [3.05, 3.63) is 63.0 Å². The number of primary amides is 1. The van der Waals surface area contributed by atoms with Gasteiger partial charge in [-0.3, -0.25) is 14.4 Å². The van der Waals surface area contributed by atoms with Gasteiger partial charge in [0.2, 0.25) is 0 Å². The Labute approximate surface area is 146 Å². The molecule has 3 heterocycles. The highest BCUT2D eigenvalue weighted by molar-refractivity contribution is 7.17. The van der Waals surface area contributed by atoms with Gasteiger partial charge in [-0.15, -0.1) is 21.5 Å². The number of carbonyl (C=O) groups is 1. The number of carbonyl (C=O) groups excluding carboxylic acids is 1. The van der Waals surface area contributed by atoms with Gasteiger partial charge in [-0.2, -0.15) is 0 Å². The van der Waals surface area contributed by atoms with Crippen LogP contribution in [-0.4, -0.2) is 26.4 Å². The van der Waals surface area contributed by atoms with Crippen molar-refractivity contribution in [1.82, 2.24) is 14.8 Å². The van der Waals surface area contributed by atoms with Crippen molar-refractivity contribution in [3.63, 3.8) is 0 Å². The topological polar surface area (TPSA) is 86.2 Å². The third-order valence-electron chi connectivity index (χ3n) is 3.81. The molecule has 0 atom stereocenters. The molecule has 0 saturated carbocycles. The van der Waals surface area contributed by atoms with Gasteiger partial charge in [0.05, 0.1) is 10.6 Å². The molecule has 120 valence electrons. The Balaban J connectivity index is 2.01. The standard InChI is InChI=1S/C16H12ClN5OS/c1-8-20-21-13-7-19-14(9-4-2-3-5-11(9)17)10-6-12(15(18)23)24-16(10)22(8)13/h2-6H,7H2,1H3,(H2,18,23). The summed E-state index contributed by atoms with van der Waals surface area (Å²) < 4.78 is 1.92. The lowest BCUT2D eigenvalue weighted by Crippen LogP contribution is -2.09. The molecule has 1 aromatic carbocycles. The van der Waals surface area contributed by atoms with Gasteiger partial charge in [0.15, 0.2) is 5.82 Å². The van der Waals surface area contributed by atoms with Gasteiger partial charge in [0.1, 0.15) is 17.4 Å². The number of amides is 1. The predicted molar refractivity (Wildman–Crippen MR) is 93.3 cm³/mol. The molecule has 1 aliphatic rings. The first-order valence-electron chi connectivity index (χ1n) is 7.21. The molecular formula is C16H12ClN5OS. The maximum absolute atomic E-state index is 11.7. The lowest BCUT2D eigenvalue weighted by atomic mass is 10.0. The summed E-state index contributed by atoms with van der Waals surface area (Å²) in [5.74, 6) is 0.979. The van der Waals surface area contributed by atoms with Crippen molar-refractivity contribution in [3.8, 4) is 5.00 Å². The van der Waals surface area contributed by atoms with Crippen LogP contribution in [0.4, 0.5) is 0 Å². The average Bonchev–Trinajstić information content (AvgIpc) is 3.10. The van der Waals surface area contributed by atoms with Crippen molar-refractivity contribution >= 4 is 34.6 Å². The van der Waals surface area contributed by atoms with E-state index in [9.17, 15) is 4.79 Å². The summed E-state index contributed by atoms with van der Waals surface area (Å²) in [6.45, 7) is 2.25. The van der Waals surface area contributed by atoms with Crippen molar-refractivity contribution in [2.24, 2.45) is 10.7 Å². The second kappa shape index (κ2) is 5.54. The minimum Gasteiger partial charge on any atom is -0.365 e. The van der Waals surface area contributed by atoms with Gasteiger partial charge in [-0.1, -0.05) is 29.8 Å². The predicted octanol–water partition coefficient (Wildman–Crippen LogP) is 2.74. The molecule has 1 amide bonds. The number of nitrogens with two attached hydrogens (primary N) is 1. The molecule has 0 unspecified atom stereocenters. The fraction of sp³-hybridized carbons (Fsp3) is 0.125. The lowest BCUT2D eigenvalue weighted by Gasteiger charge is -2.08. The Kier molecular flexibility index (Phi) is 3.47. The number of benzene rings is 1. The van der Waals surface area contributed by atoms with Crippen LogP contribution in [0.3, 0.4) is 0 Å². The molecule has 1 aliphatic heterocycles. The van der Waals surface area contributed by atoms with Gasteiger partial charge in [-0.25, -0.2) is 0 Å². The molecule has 0 bridgehead atoms. The quantitative estimate of drug-likeness (QED) is 0.765. The second-order valence-electron chi connectivity index (χ2n) is 5.34. The van der Waals surface area contributed by atoms with E-state index < -0.39 is 5.91 Å². The highest BCUT2D eigenvalue weighted by atomic mass is 35.5. The van der Waals surface area contributed by atoms with Crippen LogP contribution >= 0.6 is 22.9 Å². The van der Waals surface area contributed by atoms with E-state index in [2.05, 4.69) is 15.2 Å². The van der Waals surface area contributed by atoms with Crippen molar-refractivity contribution in [2.75, 3.05) is 0 Å². The molecule has 2 aromatic heterocycles. The van der Waals surface area contributed by atoms with E-state index in [-0.39, 0.29) is 0 Å². The zero-order chi connectivity index (χ0) is 16.8. The van der Waals surface area contributed by atoms with Gasteiger partial charge < -0.3 is 5.73 Å². The number of hydrogen-bond donors (Lipinski definition) is 1. The fourth-order valence-electron chi connectivity index (χ4n) is 2.73. The van der Waals surface area contributed by atoms with E-state index >= 15 is 0 Å². The summed E-state index contributed by atoms with van der Waals surface area (Å²) in [6, 6.07) is 9.26. The minimum absolute atomic E-state index is 0.384. The van der Waals surface area contributed by atoms with Crippen LogP contribution in [0.1, 0.15) is 32.4 Å². The SMILES string of the molecule is Cc1nnc2n1-c1sc(C(N)=O)cc1C(c1ccccc1Cl)=NC2. The van der Waals surface area contributed by atoms with Crippen LogP contribution in [0.2, 0.25) is 5.02 Å². The molecule has 0 aliphatic carbocycles. The first kappa shape index (κ1) is 15.0. The number of halogens is 1. The monoisotopic (exact) mass is 357 g/mol. The molecular weight excluding hydrogens is 346 g/mol. The van der Waals surface area contributed by atoms with E-state index in [0.29, 0.717) is 22.3 Å². The number of aromatic nitrogens is 3. The summed E-state index contributed by atoms with van der Waals surface area (Å²) in [5.41, 5.74) is 7.82. The Morgan fingerprint density at radius 1 is 1.29 bits per heavy atom. The first-order chi connectivity index (χ1) is 11.6. The van der Waals surface area contributed by atoms with Crippen LogP contribution in [0, 0.1) is 6.92 Å². The smallest absolute Gasteiger partial charge is 0.258 e. The van der Waals surface area contributed by atoms with E-state index in [1.54, 1.807) is 6.07 Å². The third kappa shape index (κ3) is 2.24. The highest BCUT2D eigenvalue weighted by Gasteiger charge is 2.26. The maximum Gasteiger partial charge on any atom is 0.258 e. The van der Waals surface area contributed by atoms with E-state index in [1.165, 1.54) is 11.3 Å². The Hall–Kier alpha value is -2.51. The summed E-state index contributed by atoms with van der Waals surface area (Å²) in [4.78, 5) is 16.8. The zero-order valence-corrected chi connectivity index (χ0v) is 14.2. The molecule has 4 rings (SSSR count). The van der Waals surface area contributed by atoms with Crippen LogP contribution in [0.5, 0.6) is 0 Å². The van der Waals surface area contributed by atoms with Crippen LogP contribution in [0.15, 0.2) is 35.3 Å². The summed E-state index contributed by atoms with van der Waals surface area (Å²) in [6.07, 6.45) is 0. The lowest BCUT2D eigenvalue weighted by molar-refractivity contribution is 0.100. The molecule has 0 radical (unpaired) electrons. The van der Waals surface area contributed by atoms with Gasteiger partial charge in [0.25, 0.3) is 5.91 Å². The number of nitrogens with zero attached hydrogens (tertiary/aromatic N) is 4. The van der Waals surface area contributed by atoms with Crippen molar-refractivity contribution in [2.45, 2.75) is 13.5 Å². The van der Waals surface area contributed by atoms with Crippen LogP contribution < -0.4 is 5.73 Å². The molecule has 0 fully saturated rings. The average molecular weight is 358 g/mol. The van der Waals surface area contributed by atoms with Crippen LogP contribution in [0.25, 0.3) is 5.00 Å². The molecule has 3 aromatic rings. The molecule has 6 nitrogen and oxygen atoms in total. The van der Waals surface area contributed by atoms with Crippen LogP contribution in [-0.2, 0) is 6.54 Å². The summed E-state index contributed by atoms with van der Waals surface area (Å²) in [7, 11) is 0. The normalized spacial score (nSPS) is 13.0. The molecule has 0 spiro atoms. The maximum atomic E-state index is 11.7. The number of aliphatic imine (C=N–C) groups is 1.